The molecule has 1 atom stereocenters. The maximum absolute atomic E-state index is 12.0. The number of carbonyl (C=O) groups is 1. The zero-order chi connectivity index (χ0) is 11.7. The highest BCUT2D eigenvalue weighted by atomic mass is 35.5. The van der Waals surface area contributed by atoms with Crippen molar-refractivity contribution < 1.29 is 9.90 Å². The molecule has 16 heavy (non-hydrogen) atoms. The van der Waals surface area contributed by atoms with E-state index in [0.717, 1.165) is 6.42 Å². The van der Waals surface area contributed by atoms with Crippen molar-refractivity contribution >= 4 is 17.5 Å². The molecule has 5 heteroatoms. The first-order chi connectivity index (χ1) is 7.58. The van der Waals surface area contributed by atoms with E-state index < -0.39 is 0 Å². The number of carbonyl (C=O) groups excluding carboxylic acids is 1. The number of phenols is 1. The summed E-state index contributed by atoms with van der Waals surface area (Å²) >= 11 is 5.75. The molecule has 0 bridgehead atoms. The minimum atomic E-state index is -0.0881. The van der Waals surface area contributed by atoms with E-state index in [1.54, 1.807) is 11.0 Å². The summed E-state index contributed by atoms with van der Waals surface area (Å²) in [5, 5.41) is 9.45. The lowest BCUT2D eigenvalue weighted by molar-refractivity contribution is 0.0791. The number of benzene rings is 1. The number of nitrogens with zero attached hydrogens (tertiary/aromatic N) is 1. The molecule has 1 aliphatic heterocycles. The van der Waals surface area contributed by atoms with E-state index >= 15 is 0 Å². The predicted octanol–water partition coefficient (Wildman–Crippen LogP) is 1.22. The monoisotopic (exact) mass is 240 g/mol. The summed E-state index contributed by atoms with van der Waals surface area (Å²) in [5.74, 6) is -0.105. The fraction of sp³-hybridized carbons (Fsp3) is 0.364. The van der Waals surface area contributed by atoms with Crippen molar-refractivity contribution in [2.24, 2.45) is 5.73 Å². The van der Waals surface area contributed by atoms with Gasteiger partial charge in [-0.25, -0.2) is 0 Å². The molecule has 1 aromatic rings. The van der Waals surface area contributed by atoms with E-state index in [9.17, 15) is 9.90 Å². The van der Waals surface area contributed by atoms with Crippen LogP contribution in [-0.4, -0.2) is 35.0 Å². The van der Waals surface area contributed by atoms with Gasteiger partial charge < -0.3 is 15.7 Å². The highest BCUT2D eigenvalue weighted by molar-refractivity contribution is 6.32. The summed E-state index contributed by atoms with van der Waals surface area (Å²) in [6.07, 6.45) is 0.831. The van der Waals surface area contributed by atoms with Gasteiger partial charge in [0.1, 0.15) is 5.75 Å². The maximum Gasteiger partial charge on any atom is 0.253 e. The number of aromatic hydroxyl groups is 1. The van der Waals surface area contributed by atoms with Crippen molar-refractivity contribution in [3.63, 3.8) is 0 Å². The Kier molecular flexibility index (Phi) is 3.03. The first kappa shape index (κ1) is 11.2. The van der Waals surface area contributed by atoms with Gasteiger partial charge in [0.05, 0.1) is 5.02 Å². The van der Waals surface area contributed by atoms with Crippen LogP contribution in [0.4, 0.5) is 0 Å². The smallest absolute Gasteiger partial charge is 0.253 e. The third kappa shape index (κ3) is 2.13. The fourth-order valence-corrected chi connectivity index (χ4v) is 1.97. The molecule has 0 spiro atoms. The molecule has 1 fully saturated rings. The molecule has 3 N–H and O–H groups in total. The Bertz CT molecular complexity index is 422. The molecule has 0 radical (unpaired) electrons. The van der Waals surface area contributed by atoms with Crippen molar-refractivity contribution in [1.82, 2.24) is 4.90 Å². The Labute approximate surface area is 98.6 Å². The molecular weight excluding hydrogens is 228 g/mol. The van der Waals surface area contributed by atoms with E-state index in [4.69, 9.17) is 17.3 Å². The molecule has 0 unspecified atom stereocenters. The molecule has 1 aromatic carbocycles. The van der Waals surface area contributed by atoms with Crippen LogP contribution in [0.3, 0.4) is 0 Å². The molecule has 0 aliphatic carbocycles. The topological polar surface area (TPSA) is 66.6 Å². The van der Waals surface area contributed by atoms with Crippen molar-refractivity contribution in [3.05, 3.63) is 28.8 Å². The fourth-order valence-electron chi connectivity index (χ4n) is 1.79. The summed E-state index contributed by atoms with van der Waals surface area (Å²) < 4.78 is 0. The summed E-state index contributed by atoms with van der Waals surface area (Å²) in [7, 11) is 0. The van der Waals surface area contributed by atoms with Crippen molar-refractivity contribution in [3.8, 4) is 5.75 Å². The summed E-state index contributed by atoms with van der Waals surface area (Å²) in [6, 6.07) is 4.53. The normalized spacial score (nSPS) is 20.1. The number of rotatable bonds is 1. The van der Waals surface area contributed by atoms with Crippen LogP contribution in [0, 0.1) is 0 Å². The highest BCUT2D eigenvalue weighted by Crippen LogP contribution is 2.24. The van der Waals surface area contributed by atoms with Gasteiger partial charge in [0.25, 0.3) is 5.91 Å². The summed E-state index contributed by atoms with van der Waals surface area (Å²) in [4.78, 5) is 13.7. The highest BCUT2D eigenvalue weighted by Gasteiger charge is 2.24. The van der Waals surface area contributed by atoms with Gasteiger partial charge in [-0.05, 0) is 24.6 Å². The molecule has 0 aromatic heterocycles. The van der Waals surface area contributed by atoms with Gasteiger partial charge >= 0.3 is 0 Å². The number of hydrogen-bond donors (Lipinski definition) is 2. The number of nitrogens with two attached hydrogens (primary N) is 1. The second kappa shape index (κ2) is 4.31. The lowest BCUT2D eigenvalue weighted by atomic mass is 10.2. The Balaban J connectivity index is 2.18. The van der Waals surface area contributed by atoms with Crippen LogP contribution in [0.5, 0.6) is 5.75 Å². The average Bonchev–Trinajstić information content (AvgIpc) is 2.68. The molecule has 4 nitrogen and oxygen atoms in total. The summed E-state index contributed by atoms with van der Waals surface area (Å²) in [5.41, 5.74) is 6.22. The number of halogens is 1. The lowest BCUT2D eigenvalue weighted by Crippen LogP contribution is -2.31. The molecule has 1 heterocycles. The first-order valence-corrected chi connectivity index (χ1v) is 5.49. The second-order valence-electron chi connectivity index (χ2n) is 3.97. The van der Waals surface area contributed by atoms with Gasteiger partial charge in [0.2, 0.25) is 0 Å². The molecule has 86 valence electrons. The van der Waals surface area contributed by atoms with Crippen molar-refractivity contribution in [1.29, 1.82) is 0 Å². The van der Waals surface area contributed by atoms with E-state index in [0.29, 0.717) is 18.7 Å². The molecule has 2 rings (SSSR count). The number of amides is 1. The van der Waals surface area contributed by atoms with Crippen LogP contribution >= 0.6 is 11.6 Å². The molecule has 1 amide bonds. The van der Waals surface area contributed by atoms with Crippen LogP contribution in [0.1, 0.15) is 16.8 Å². The second-order valence-corrected chi connectivity index (χ2v) is 4.37. The van der Waals surface area contributed by atoms with Gasteiger partial charge in [-0.3, -0.25) is 4.79 Å². The van der Waals surface area contributed by atoms with Crippen molar-refractivity contribution in [2.75, 3.05) is 13.1 Å². The third-order valence-corrected chi connectivity index (χ3v) is 3.01. The third-order valence-electron chi connectivity index (χ3n) is 2.71. The Morgan fingerprint density at radius 3 is 2.88 bits per heavy atom. The van der Waals surface area contributed by atoms with Crippen LogP contribution in [-0.2, 0) is 0 Å². The van der Waals surface area contributed by atoms with E-state index in [-0.39, 0.29) is 22.7 Å². The maximum atomic E-state index is 12.0. The van der Waals surface area contributed by atoms with E-state index in [1.165, 1.54) is 12.1 Å². The molecular formula is C11H13ClN2O2. The minimum Gasteiger partial charge on any atom is -0.506 e. The molecule has 0 saturated carbocycles. The Morgan fingerprint density at radius 2 is 2.31 bits per heavy atom. The first-order valence-electron chi connectivity index (χ1n) is 5.11. The summed E-state index contributed by atoms with van der Waals surface area (Å²) in [6.45, 7) is 1.26. The SMILES string of the molecule is N[C@H]1CCN(C(=O)c2ccc(O)c(Cl)c2)C1. The number of likely N-dealkylation sites (tertiary alicyclic amines) is 1. The quantitative estimate of drug-likeness (QED) is 0.776. The van der Waals surface area contributed by atoms with Gasteiger partial charge in [-0.1, -0.05) is 11.6 Å². The van der Waals surface area contributed by atoms with Crippen LogP contribution in [0.25, 0.3) is 0 Å². The predicted molar refractivity (Wildman–Crippen MR) is 61.6 cm³/mol. The van der Waals surface area contributed by atoms with E-state index in [2.05, 4.69) is 0 Å². The van der Waals surface area contributed by atoms with E-state index in [1.807, 2.05) is 0 Å². The number of hydrogen-bond acceptors (Lipinski definition) is 3. The van der Waals surface area contributed by atoms with Crippen LogP contribution in [0.2, 0.25) is 5.02 Å². The number of phenolic OH excluding ortho intramolecular Hbond substituents is 1. The zero-order valence-electron chi connectivity index (χ0n) is 8.69. The van der Waals surface area contributed by atoms with Gasteiger partial charge in [-0.2, -0.15) is 0 Å². The van der Waals surface area contributed by atoms with Gasteiger partial charge in [-0.15, -0.1) is 0 Å². The largest absolute Gasteiger partial charge is 0.506 e. The van der Waals surface area contributed by atoms with Gasteiger partial charge in [0, 0.05) is 24.7 Å². The van der Waals surface area contributed by atoms with Crippen molar-refractivity contribution in [2.45, 2.75) is 12.5 Å². The molecule has 1 aliphatic rings. The zero-order valence-corrected chi connectivity index (χ0v) is 9.44. The van der Waals surface area contributed by atoms with Crippen LogP contribution < -0.4 is 5.73 Å². The minimum absolute atomic E-state index is 0.0173. The van der Waals surface area contributed by atoms with Gasteiger partial charge in [0.15, 0.2) is 0 Å². The molecule has 1 saturated heterocycles. The Hall–Kier alpha value is -1.26. The standard InChI is InChI=1S/C11H13ClN2O2/c12-9-5-7(1-2-10(9)15)11(16)14-4-3-8(13)6-14/h1-2,5,8,15H,3-4,6,13H2/t8-/m0/s1. The lowest BCUT2D eigenvalue weighted by Gasteiger charge is -2.15. The van der Waals surface area contributed by atoms with Crippen LogP contribution in [0.15, 0.2) is 18.2 Å². The average molecular weight is 241 g/mol. The Morgan fingerprint density at radius 1 is 1.56 bits per heavy atom.